The van der Waals surface area contributed by atoms with Gasteiger partial charge in [-0.25, -0.2) is 0 Å². The van der Waals surface area contributed by atoms with Crippen molar-refractivity contribution in [2.45, 2.75) is 38.1 Å². The first kappa shape index (κ1) is 14.4. The normalized spacial score (nSPS) is 15.6. The molecule has 0 unspecified atom stereocenters. The fourth-order valence-electron chi connectivity index (χ4n) is 2.46. The molecular weight excluding hydrogens is 254 g/mol. The van der Waals surface area contributed by atoms with Gasteiger partial charge in [0.2, 0.25) is 11.8 Å². The molecule has 0 radical (unpaired) electrons. The van der Waals surface area contributed by atoms with E-state index in [1.165, 1.54) is 19.3 Å². The molecule has 108 valence electrons. The van der Waals surface area contributed by atoms with Gasteiger partial charge in [-0.1, -0.05) is 19.3 Å². The molecule has 0 spiro atoms. The maximum atomic E-state index is 11.8. The Hall–Kier alpha value is -2.04. The Morgan fingerprint density at radius 3 is 2.35 bits per heavy atom. The summed E-state index contributed by atoms with van der Waals surface area (Å²) in [5.74, 6) is -0.442. The lowest BCUT2D eigenvalue weighted by Gasteiger charge is -2.22. The van der Waals surface area contributed by atoms with Crippen molar-refractivity contribution in [2.75, 3.05) is 11.9 Å². The summed E-state index contributed by atoms with van der Waals surface area (Å²) in [5.41, 5.74) is 6.43. The Morgan fingerprint density at radius 2 is 1.75 bits per heavy atom. The lowest BCUT2D eigenvalue weighted by atomic mass is 9.95. The molecule has 0 aromatic heterocycles. The van der Waals surface area contributed by atoms with Crippen LogP contribution in [0.25, 0.3) is 0 Å². The van der Waals surface area contributed by atoms with E-state index >= 15 is 0 Å². The first-order valence-corrected chi connectivity index (χ1v) is 7.08. The maximum Gasteiger partial charge on any atom is 0.248 e. The second kappa shape index (κ2) is 6.93. The number of anilines is 1. The van der Waals surface area contributed by atoms with E-state index in [-0.39, 0.29) is 12.5 Å². The van der Waals surface area contributed by atoms with Crippen LogP contribution in [0.4, 0.5) is 5.69 Å². The third-order valence-electron chi connectivity index (χ3n) is 3.59. The number of hydrogen-bond donors (Lipinski definition) is 3. The number of amides is 2. The Balaban J connectivity index is 1.76. The van der Waals surface area contributed by atoms with E-state index in [0.717, 1.165) is 18.5 Å². The van der Waals surface area contributed by atoms with Gasteiger partial charge in [0.15, 0.2) is 0 Å². The molecule has 5 heteroatoms. The van der Waals surface area contributed by atoms with Gasteiger partial charge < -0.3 is 16.4 Å². The molecule has 1 aliphatic rings. The highest BCUT2D eigenvalue weighted by molar-refractivity contribution is 5.93. The Kier molecular flexibility index (Phi) is 4.98. The van der Waals surface area contributed by atoms with Crippen LogP contribution in [0, 0.1) is 0 Å². The lowest BCUT2D eigenvalue weighted by molar-refractivity contribution is -0.120. The van der Waals surface area contributed by atoms with Crippen LogP contribution < -0.4 is 16.4 Å². The molecule has 2 amide bonds. The average Bonchev–Trinajstić information content (AvgIpc) is 2.46. The molecular formula is C15H21N3O2. The monoisotopic (exact) mass is 275 g/mol. The predicted molar refractivity (Wildman–Crippen MR) is 78.5 cm³/mol. The summed E-state index contributed by atoms with van der Waals surface area (Å²) >= 11 is 0. The Bertz CT molecular complexity index is 465. The Morgan fingerprint density at radius 1 is 1.10 bits per heavy atom. The molecule has 1 fully saturated rings. The predicted octanol–water partition coefficient (Wildman–Crippen LogP) is 1.65. The number of carbonyl (C=O) groups excluding carboxylic acids is 2. The molecule has 0 aliphatic heterocycles. The number of nitrogens with two attached hydrogens (primary N) is 1. The number of hydrogen-bond acceptors (Lipinski definition) is 3. The molecule has 1 saturated carbocycles. The minimum Gasteiger partial charge on any atom is -0.376 e. The van der Waals surface area contributed by atoms with Crippen molar-refractivity contribution < 1.29 is 9.59 Å². The van der Waals surface area contributed by atoms with Crippen LogP contribution in [0.15, 0.2) is 24.3 Å². The van der Waals surface area contributed by atoms with E-state index in [4.69, 9.17) is 5.73 Å². The van der Waals surface area contributed by atoms with Crippen LogP contribution in [0.3, 0.4) is 0 Å². The zero-order valence-corrected chi connectivity index (χ0v) is 11.5. The lowest BCUT2D eigenvalue weighted by Crippen LogP contribution is -2.39. The fraction of sp³-hybridized carbons (Fsp3) is 0.467. The molecule has 4 N–H and O–H groups in total. The number of nitrogens with one attached hydrogen (secondary N) is 2. The van der Waals surface area contributed by atoms with Gasteiger partial charge in [-0.15, -0.1) is 0 Å². The topological polar surface area (TPSA) is 84.2 Å². The molecule has 1 aliphatic carbocycles. The van der Waals surface area contributed by atoms with Crippen molar-refractivity contribution in [1.29, 1.82) is 0 Å². The Labute approximate surface area is 118 Å². The standard InChI is InChI=1S/C15H21N3O2/c16-15(20)11-6-8-12(9-7-11)17-10-14(19)18-13-4-2-1-3-5-13/h6-9,13,17H,1-5,10H2,(H2,16,20)(H,18,19). The van der Waals surface area contributed by atoms with Crippen molar-refractivity contribution in [1.82, 2.24) is 5.32 Å². The molecule has 0 heterocycles. The van der Waals surface area contributed by atoms with Crippen LogP contribution in [-0.4, -0.2) is 24.4 Å². The molecule has 20 heavy (non-hydrogen) atoms. The average molecular weight is 275 g/mol. The second-order valence-corrected chi connectivity index (χ2v) is 5.20. The molecule has 1 aromatic carbocycles. The van der Waals surface area contributed by atoms with Crippen LogP contribution in [-0.2, 0) is 4.79 Å². The van der Waals surface area contributed by atoms with Crippen molar-refractivity contribution >= 4 is 17.5 Å². The highest BCUT2D eigenvalue weighted by atomic mass is 16.2. The van der Waals surface area contributed by atoms with Crippen molar-refractivity contribution in [2.24, 2.45) is 5.73 Å². The maximum absolute atomic E-state index is 11.8. The zero-order chi connectivity index (χ0) is 14.4. The van der Waals surface area contributed by atoms with Gasteiger partial charge in [0, 0.05) is 17.3 Å². The van der Waals surface area contributed by atoms with Crippen molar-refractivity contribution in [3.63, 3.8) is 0 Å². The van der Waals surface area contributed by atoms with Crippen LogP contribution in [0.5, 0.6) is 0 Å². The summed E-state index contributed by atoms with van der Waals surface area (Å²) in [7, 11) is 0. The number of carbonyl (C=O) groups is 2. The van der Waals surface area contributed by atoms with Gasteiger partial charge in [-0.05, 0) is 37.1 Å². The molecule has 0 atom stereocenters. The summed E-state index contributed by atoms with van der Waals surface area (Å²) in [6.07, 6.45) is 5.84. The molecule has 1 aromatic rings. The first-order chi connectivity index (χ1) is 9.65. The number of primary amides is 1. The van der Waals surface area contributed by atoms with E-state index in [1.54, 1.807) is 24.3 Å². The largest absolute Gasteiger partial charge is 0.376 e. The smallest absolute Gasteiger partial charge is 0.248 e. The van der Waals surface area contributed by atoms with Gasteiger partial charge >= 0.3 is 0 Å². The van der Waals surface area contributed by atoms with Gasteiger partial charge in [-0.3, -0.25) is 9.59 Å². The van der Waals surface area contributed by atoms with Gasteiger partial charge in [0.25, 0.3) is 0 Å². The van der Waals surface area contributed by atoms with Gasteiger partial charge in [-0.2, -0.15) is 0 Å². The fourth-order valence-corrected chi connectivity index (χ4v) is 2.46. The van der Waals surface area contributed by atoms with Crippen molar-refractivity contribution in [3.05, 3.63) is 29.8 Å². The summed E-state index contributed by atoms with van der Waals surface area (Å²) in [4.78, 5) is 22.7. The first-order valence-electron chi connectivity index (χ1n) is 7.08. The molecule has 0 saturated heterocycles. The highest BCUT2D eigenvalue weighted by Gasteiger charge is 2.15. The third-order valence-corrected chi connectivity index (χ3v) is 3.59. The molecule has 2 rings (SSSR count). The molecule has 5 nitrogen and oxygen atoms in total. The van der Waals surface area contributed by atoms with E-state index < -0.39 is 5.91 Å². The summed E-state index contributed by atoms with van der Waals surface area (Å²) in [5, 5.41) is 6.08. The van der Waals surface area contributed by atoms with Crippen LogP contribution >= 0.6 is 0 Å². The highest BCUT2D eigenvalue weighted by Crippen LogP contribution is 2.17. The number of benzene rings is 1. The zero-order valence-electron chi connectivity index (χ0n) is 11.5. The van der Waals surface area contributed by atoms with E-state index in [1.807, 2.05) is 0 Å². The van der Waals surface area contributed by atoms with E-state index in [2.05, 4.69) is 10.6 Å². The van der Waals surface area contributed by atoms with Crippen LogP contribution in [0.2, 0.25) is 0 Å². The minimum absolute atomic E-state index is 0.0101. The van der Waals surface area contributed by atoms with Gasteiger partial charge in [0.1, 0.15) is 0 Å². The van der Waals surface area contributed by atoms with E-state index in [9.17, 15) is 9.59 Å². The van der Waals surface area contributed by atoms with E-state index in [0.29, 0.717) is 11.6 Å². The van der Waals surface area contributed by atoms with Gasteiger partial charge in [0.05, 0.1) is 6.54 Å². The SMILES string of the molecule is NC(=O)c1ccc(NCC(=O)NC2CCCCC2)cc1. The summed E-state index contributed by atoms with van der Waals surface area (Å²) < 4.78 is 0. The quantitative estimate of drug-likeness (QED) is 0.764. The van der Waals surface area contributed by atoms with Crippen LogP contribution in [0.1, 0.15) is 42.5 Å². The number of rotatable bonds is 5. The summed E-state index contributed by atoms with van der Waals surface area (Å²) in [6.45, 7) is 0.242. The molecule has 0 bridgehead atoms. The summed E-state index contributed by atoms with van der Waals surface area (Å²) in [6, 6.07) is 7.10. The second-order valence-electron chi connectivity index (χ2n) is 5.20. The van der Waals surface area contributed by atoms with Crippen molar-refractivity contribution in [3.8, 4) is 0 Å². The third kappa shape index (κ3) is 4.26. The minimum atomic E-state index is -0.452.